The predicted octanol–water partition coefficient (Wildman–Crippen LogP) is 3.18. The third kappa shape index (κ3) is 2.19. The summed E-state index contributed by atoms with van der Waals surface area (Å²) >= 11 is 0. The molecule has 1 fully saturated rings. The predicted molar refractivity (Wildman–Crippen MR) is 77.3 cm³/mol. The van der Waals surface area contributed by atoms with E-state index in [-0.39, 0.29) is 12.0 Å². The highest BCUT2D eigenvalue weighted by Crippen LogP contribution is 2.31. The van der Waals surface area contributed by atoms with Crippen LogP contribution in [-0.2, 0) is 0 Å². The van der Waals surface area contributed by atoms with Gasteiger partial charge in [-0.2, -0.15) is 0 Å². The molecule has 3 heteroatoms. The summed E-state index contributed by atoms with van der Waals surface area (Å²) in [5.74, 6) is 0.444. The summed E-state index contributed by atoms with van der Waals surface area (Å²) in [6.07, 6.45) is 3.80. The number of carbonyl (C=O) groups excluding carboxylic acids is 1. The molecule has 1 aromatic heterocycles. The molecule has 1 aliphatic carbocycles. The van der Waals surface area contributed by atoms with Crippen molar-refractivity contribution in [1.29, 1.82) is 0 Å². The summed E-state index contributed by atoms with van der Waals surface area (Å²) in [5, 5.41) is 1.06. The topological polar surface area (TPSA) is 58.9 Å². The van der Waals surface area contributed by atoms with Crippen molar-refractivity contribution in [3.8, 4) is 0 Å². The lowest BCUT2D eigenvalue weighted by Crippen LogP contribution is -2.30. The van der Waals surface area contributed by atoms with E-state index in [1.54, 1.807) is 0 Å². The Labute approximate surface area is 113 Å². The van der Waals surface area contributed by atoms with Crippen LogP contribution in [0.4, 0.5) is 0 Å². The Morgan fingerprint density at radius 2 is 1.89 bits per heavy atom. The second kappa shape index (κ2) is 4.82. The fraction of sp³-hybridized carbons (Fsp3) is 0.438. The van der Waals surface area contributed by atoms with Gasteiger partial charge in [0, 0.05) is 34.1 Å². The summed E-state index contributed by atoms with van der Waals surface area (Å²) in [4.78, 5) is 16.1. The number of ketones is 1. The van der Waals surface area contributed by atoms with Crippen LogP contribution < -0.4 is 5.73 Å². The van der Waals surface area contributed by atoms with Crippen molar-refractivity contribution in [2.24, 2.45) is 11.7 Å². The van der Waals surface area contributed by atoms with E-state index in [9.17, 15) is 4.79 Å². The van der Waals surface area contributed by atoms with Gasteiger partial charge in [0.05, 0.1) is 0 Å². The number of nitrogens with two attached hydrogens (primary N) is 1. The van der Waals surface area contributed by atoms with E-state index >= 15 is 0 Å². The number of benzene rings is 1. The Morgan fingerprint density at radius 3 is 2.63 bits per heavy atom. The molecular weight excluding hydrogens is 236 g/mol. The Kier molecular flexibility index (Phi) is 3.15. The van der Waals surface area contributed by atoms with E-state index in [4.69, 9.17) is 5.73 Å². The fourth-order valence-electron chi connectivity index (χ4n) is 3.18. The van der Waals surface area contributed by atoms with Crippen LogP contribution in [0.3, 0.4) is 0 Å². The van der Waals surface area contributed by atoms with E-state index < -0.39 is 0 Å². The Morgan fingerprint density at radius 1 is 1.21 bits per heavy atom. The first kappa shape index (κ1) is 12.4. The van der Waals surface area contributed by atoms with E-state index in [0.717, 1.165) is 47.8 Å². The van der Waals surface area contributed by atoms with Gasteiger partial charge in [0.2, 0.25) is 0 Å². The van der Waals surface area contributed by atoms with Crippen LogP contribution in [0.2, 0.25) is 0 Å². The number of Topliss-reactive ketones (excluding diaryl/α,β-unsaturated/α-hetero) is 1. The molecular formula is C16H20N2O. The molecule has 3 rings (SSSR count). The number of para-hydroxylation sites is 1. The lowest BCUT2D eigenvalue weighted by Gasteiger charge is -2.25. The maximum Gasteiger partial charge on any atom is 0.168 e. The number of H-pyrrole nitrogens is 1. The highest BCUT2D eigenvalue weighted by molar-refractivity contribution is 6.10. The second-order valence-corrected chi connectivity index (χ2v) is 5.65. The second-order valence-electron chi connectivity index (χ2n) is 5.65. The van der Waals surface area contributed by atoms with E-state index in [2.05, 4.69) is 4.98 Å². The van der Waals surface area contributed by atoms with E-state index in [1.807, 2.05) is 31.2 Å². The zero-order valence-corrected chi connectivity index (χ0v) is 11.3. The zero-order chi connectivity index (χ0) is 13.4. The average Bonchev–Trinajstić information content (AvgIpc) is 2.74. The number of aromatic amines is 1. The molecule has 3 N–H and O–H groups in total. The molecule has 19 heavy (non-hydrogen) atoms. The number of aryl methyl sites for hydroxylation is 1. The van der Waals surface area contributed by atoms with Gasteiger partial charge in [-0.15, -0.1) is 0 Å². The molecule has 0 unspecified atom stereocenters. The SMILES string of the molecule is Cc1[nH]c2ccccc2c1C(=O)C1CCC(N)CC1. The first-order chi connectivity index (χ1) is 9.16. The number of fused-ring (bicyclic) bond motifs is 1. The summed E-state index contributed by atoms with van der Waals surface area (Å²) in [6, 6.07) is 8.32. The van der Waals surface area contributed by atoms with Gasteiger partial charge in [0.1, 0.15) is 0 Å². The maximum absolute atomic E-state index is 12.7. The number of hydrogen-bond donors (Lipinski definition) is 2. The number of rotatable bonds is 2. The van der Waals surface area contributed by atoms with Gasteiger partial charge >= 0.3 is 0 Å². The molecule has 1 aliphatic rings. The fourth-order valence-corrected chi connectivity index (χ4v) is 3.18. The van der Waals surface area contributed by atoms with Crippen molar-refractivity contribution < 1.29 is 4.79 Å². The molecule has 3 nitrogen and oxygen atoms in total. The van der Waals surface area contributed by atoms with Crippen LogP contribution in [0.5, 0.6) is 0 Å². The van der Waals surface area contributed by atoms with Crippen molar-refractivity contribution in [3.63, 3.8) is 0 Å². The van der Waals surface area contributed by atoms with E-state index in [0.29, 0.717) is 5.78 Å². The zero-order valence-electron chi connectivity index (χ0n) is 11.3. The van der Waals surface area contributed by atoms with Gasteiger partial charge in [-0.3, -0.25) is 4.79 Å². The molecule has 1 saturated carbocycles. The summed E-state index contributed by atoms with van der Waals surface area (Å²) in [5.41, 5.74) is 8.84. The van der Waals surface area contributed by atoms with Crippen LogP contribution in [0.25, 0.3) is 10.9 Å². The monoisotopic (exact) mass is 256 g/mol. The molecule has 0 amide bonds. The average molecular weight is 256 g/mol. The van der Waals surface area contributed by atoms with Gasteiger partial charge < -0.3 is 10.7 Å². The highest BCUT2D eigenvalue weighted by Gasteiger charge is 2.28. The molecule has 2 aromatic rings. The number of carbonyl (C=O) groups is 1. The molecule has 0 radical (unpaired) electrons. The van der Waals surface area contributed by atoms with Crippen molar-refractivity contribution in [2.45, 2.75) is 38.6 Å². The third-order valence-electron chi connectivity index (χ3n) is 4.28. The minimum atomic E-state index is 0.151. The summed E-state index contributed by atoms with van der Waals surface area (Å²) in [7, 11) is 0. The molecule has 1 heterocycles. The normalized spacial score (nSPS) is 23.7. The minimum absolute atomic E-state index is 0.151. The Balaban J connectivity index is 1.95. The molecule has 0 bridgehead atoms. The molecule has 0 atom stereocenters. The number of aromatic nitrogens is 1. The van der Waals surface area contributed by atoms with E-state index in [1.165, 1.54) is 0 Å². The van der Waals surface area contributed by atoms with Crippen LogP contribution >= 0.6 is 0 Å². The standard InChI is InChI=1S/C16H20N2O/c1-10-15(13-4-2-3-5-14(13)18-10)16(19)11-6-8-12(17)9-7-11/h2-5,11-12,18H,6-9,17H2,1H3. The van der Waals surface area contributed by atoms with Crippen molar-refractivity contribution in [1.82, 2.24) is 4.98 Å². The number of hydrogen-bond acceptors (Lipinski definition) is 2. The van der Waals surface area contributed by atoms with Crippen molar-refractivity contribution in [2.75, 3.05) is 0 Å². The van der Waals surface area contributed by atoms with Gasteiger partial charge in [-0.25, -0.2) is 0 Å². The molecule has 0 spiro atoms. The molecule has 100 valence electrons. The quantitative estimate of drug-likeness (QED) is 0.811. The van der Waals surface area contributed by atoms with Crippen LogP contribution in [0.1, 0.15) is 41.7 Å². The molecule has 1 aromatic carbocycles. The summed E-state index contributed by atoms with van der Waals surface area (Å²) in [6.45, 7) is 1.99. The summed E-state index contributed by atoms with van der Waals surface area (Å²) < 4.78 is 0. The van der Waals surface area contributed by atoms with Gasteiger partial charge in [-0.1, -0.05) is 18.2 Å². The van der Waals surface area contributed by atoms with Gasteiger partial charge in [-0.05, 0) is 38.7 Å². The highest BCUT2D eigenvalue weighted by atomic mass is 16.1. The van der Waals surface area contributed by atoms with Gasteiger partial charge in [0.15, 0.2) is 5.78 Å². The first-order valence-corrected chi connectivity index (χ1v) is 7.04. The van der Waals surface area contributed by atoms with Crippen LogP contribution in [0.15, 0.2) is 24.3 Å². The van der Waals surface area contributed by atoms with Crippen LogP contribution in [-0.4, -0.2) is 16.8 Å². The first-order valence-electron chi connectivity index (χ1n) is 7.04. The number of nitrogens with one attached hydrogen (secondary N) is 1. The largest absolute Gasteiger partial charge is 0.358 e. The lowest BCUT2D eigenvalue weighted by molar-refractivity contribution is 0.0886. The lowest BCUT2D eigenvalue weighted by atomic mass is 9.81. The van der Waals surface area contributed by atoms with Crippen molar-refractivity contribution in [3.05, 3.63) is 35.5 Å². The molecule has 0 aliphatic heterocycles. The minimum Gasteiger partial charge on any atom is -0.358 e. The van der Waals surface area contributed by atoms with Gasteiger partial charge in [0.25, 0.3) is 0 Å². The maximum atomic E-state index is 12.7. The van der Waals surface area contributed by atoms with Crippen molar-refractivity contribution >= 4 is 16.7 Å². The smallest absolute Gasteiger partial charge is 0.168 e. The van der Waals surface area contributed by atoms with Crippen LogP contribution in [0, 0.1) is 12.8 Å². The Hall–Kier alpha value is -1.61. The third-order valence-corrected chi connectivity index (χ3v) is 4.28. The Bertz CT molecular complexity index is 606. The molecule has 0 saturated heterocycles.